The summed E-state index contributed by atoms with van der Waals surface area (Å²) in [6.07, 6.45) is 0.924. The minimum absolute atomic E-state index is 0.0731. The Labute approximate surface area is 169 Å². The van der Waals surface area contributed by atoms with Crippen molar-refractivity contribution in [1.29, 1.82) is 0 Å². The lowest BCUT2D eigenvalue weighted by Gasteiger charge is -2.26. The van der Waals surface area contributed by atoms with Crippen LogP contribution in [0, 0.1) is 0 Å². The number of nitrogens with zero attached hydrogens (tertiary/aromatic N) is 3. The quantitative estimate of drug-likeness (QED) is 0.559. The Balaban J connectivity index is 1.27. The zero-order valence-corrected chi connectivity index (χ0v) is 16.6. The van der Waals surface area contributed by atoms with E-state index in [2.05, 4.69) is 21.6 Å². The van der Waals surface area contributed by atoms with Crippen LogP contribution in [0.4, 0.5) is 0 Å². The normalized spacial score (nSPS) is 13.4. The highest BCUT2D eigenvalue weighted by Gasteiger charge is 2.22. The van der Waals surface area contributed by atoms with Crippen LogP contribution in [0.25, 0.3) is 0 Å². The van der Waals surface area contributed by atoms with Crippen molar-refractivity contribution in [3.63, 3.8) is 0 Å². The van der Waals surface area contributed by atoms with Crippen LogP contribution in [0.1, 0.15) is 16.3 Å². The van der Waals surface area contributed by atoms with E-state index in [0.29, 0.717) is 28.4 Å². The van der Waals surface area contributed by atoms with Gasteiger partial charge in [-0.1, -0.05) is 35.5 Å². The molecule has 0 fully saturated rings. The van der Waals surface area contributed by atoms with E-state index in [1.54, 1.807) is 23.5 Å². The molecule has 9 heteroatoms. The number of thioether (sulfide) groups is 1. The van der Waals surface area contributed by atoms with Crippen LogP contribution < -0.4 is 4.74 Å². The molecule has 0 bridgehead atoms. The van der Waals surface area contributed by atoms with Gasteiger partial charge in [-0.3, -0.25) is 4.79 Å². The smallest absolute Gasteiger partial charge is 0.277 e. The van der Waals surface area contributed by atoms with E-state index in [1.165, 1.54) is 22.2 Å². The van der Waals surface area contributed by atoms with E-state index >= 15 is 0 Å². The third-order valence-electron chi connectivity index (χ3n) is 4.12. The van der Waals surface area contributed by atoms with Crippen LogP contribution in [0.3, 0.4) is 0 Å². The Kier molecular flexibility index (Phi) is 5.66. The van der Waals surface area contributed by atoms with E-state index < -0.39 is 0 Å². The van der Waals surface area contributed by atoms with Crippen LogP contribution in [0.2, 0.25) is 5.02 Å². The number of benzene rings is 1. The molecule has 1 aliphatic rings. The van der Waals surface area contributed by atoms with Crippen molar-refractivity contribution in [3.8, 4) is 5.75 Å². The van der Waals surface area contributed by atoms with Crippen molar-refractivity contribution >= 4 is 40.6 Å². The molecule has 140 valence electrons. The highest BCUT2D eigenvalue weighted by atomic mass is 35.5. The topological polar surface area (TPSA) is 68.5 Å². The minimum Gasteiger partial charge on any atom is -0.482 e. The third-order valence-corrected chi connectivity index (χ3v) is 6.25. The SMILES string of the molecule is O=C(CSc1nnc(COc2ccccc2Cl)o1)N1CCc2sccc2C1. The number of ether oxygens (including phenoxy) is 1. The summed E-state index contributed by atoms with van der Waals surface area (Å²) in [6, 6.07) is 9.27. The molecule has 0 aliphatic carbocycles. The largest absolute Gasteiger partial charge is 0.482 e. The van der Waals surface area contributed by atoms with Crippen molar-refractivity contribution in [2.75, 3.05) is 12.3 Å². The Morgan fingerprint density at radius 3 is 3.11 bits per heavy atom. The summed E-state index contributed by atoms with van der Waals surface area (Å²) in [5.41, 5.74) is 1.25. The zero-order valence-electron chi connectivity index (χ0n) is 14.3. The molecule has 6 nitrogen and oxygen atoms in total. The number of amides is 1. The Morgan fingerprint density at radius 1 is 1.33 bits per heavy atom. The number of hydrogen-bond donors (Lipinski definition) is 0. The molecule has 3 heterocycles. The number of halogens is 1. The van der Waals surface area contributed by atoms with E-state index in [4.69, 9.17) is 20.8 Å². The van der Waals surface area contributed by atoms with E-state index in [0.717, 1.165) is 13.0 Å². The van der Waals surface area contributed by atoms with Gasteiger partial charge >= 0.3 is 0 Å². The van der Waals surface area contributed by atoms with Crippen molar-refractivity contribution in [2.24, 2.45) is 0 Å². The Hall–Kier alpha value is -2.03. The molecule has 0 unspecified atom stereocenters. The first-order chi connectivity index (χ1) is 13.2. The van der Waals surface area contributed by atoms with Gasteiger partial charge in [0.25, 0.3) is 11.1 Å². The number of para-hydroxylation sites is 1. The maximum atomic E-state index is 12.4. The lowest BCUT2D eigenvalue weighted by atomic mass is 10.1. The lowest BCUT2D eigenvalue weighted by Crippen LogP contribution is -2.36. The lowest BCUT2D eigenvalue weighted by molar-refractivity contribution is -0.129. The molecular weight excluding hydrogens is 406 g/mol. The van der Waals surface area contributed by atoms with Gasteiger partial charge in [0.1, 0.15) is 5.75 Å². The van der Waals surface area contributed by atoms with Crippen molar-refractivity contribution in [2.45, 2.75) is 24.8 Å². The molecule has 27 heavy (non-hydrogen) atoms. The van der Waals surface area contributed by atoms with Gasteiger partial charge in [-0.15, -0.1) is 21.5 Å². The first kappa shape index (κ1) is 18.3. The van der Waals surface area contributed by atoms with Gasteiger partial charge in [0.2, 0.25) is 5.91 Å². The van der Waals surface area contributed by atoms with E-state index in [-0.39, 0.29) is 18.3 Å². The summed E-state index contributed by atoms with van der Waals surface area (Å²) in [5.74, 6) is 1.24. The summed E-state index contributed by atoms with van der Waals surface area (Å²) in [5, 5.41) is 10.9. The van der Waals surface area contributed by atoms with Crippen LogP contribution in [-0.2, 0) is 24.4 Å². The second kappa shape index (κ2) is 8.33. The first-order valence-corrected chi connectivity index (χ1v) is 10.6. The average molecular weight is 422 g/mol. The number of aromatic nitrogens is 2. The molecule has 0 saturated carbocycles. The fourth-order valence-corrected chi connectivity index (χ4v) is 4.50. The maximum Gasteiger partial charge on any atom is 0.277 e. The molecule has 0 saturated heterocycles. The number of carbonyl (C=O) groups is 1. The second-order valence-corrected chi connectivity index (χ2v) is 8.24. The van der Waals surface area contributed by atoms with Crippen molar-refractivity contribution in [3.05, 3.63) is 57.1 Å². The molecule has 2 aromatic heterocycles. The number of rotatable bonds is 6. The Morgan fingerprint density at radius 2 is 2.22 bits per heavy atom. The zero-order chi connectivity index (χ0) is 18.6. The fraction of sp³-hybridized carbons (Fsp3) is 0.278. The molecule has 0 atom stereocenters. The molecule has 0 radical (unpaired) electrons. The number of carbonyl (C=O) groups excluding carboxylic acids is 1. The molecular formula is C18H16ClN3O3S2. The van der Waals surface area contributed by atoms with Gasteiger partial charge in [-0.25, -0.2) is 0 Å². The summed E-state index contributed by atoms with van der Waals surface area (Å²) in [6.45, 7) is 1.56. The number of fused-ring (bicyclic) bond motifs is 1. The minimum atomic E-state index is 0.0731. The molecule has 3 aromatic rings. The highest BCUT2D eigenvalue weighted by Crippen LogP contribution is 2.26. The summed E-state index contributed by atoms with van der Waals surface area (Å²) in [7, 11) is 0. The molecule has 0 N–H and O–H groups in total. The van der Waals surface area contributed by atoms with Gasteiger partial charge in [0.15, 0.2) is 6.61 Å². The van der Waals surface area contributed by atoms with Gasteiger partial charge in [0, 0.05) is 18.0 Å². The number of thiophene rings is 1. The maximum absolute atomic E-state index is 12.4. The molecule has 1 aliphatic heterocycles. The second-order valence-electron chi connectivity index (χ2n) is 5.90. The number of hydrogen-bond acceptors (Lipinski definition) is 7. The Bertz CT molecular complexity index is 943. The van der Waals surface area contributed by atoms with Gasteiger partial charge in [-0.05, 0) is 35.6 Å². The van der Waals surface area contributed by atoms with Crippen molar-refractivity contribution < 1.29 is 13.9 Å². The van der Waals surface area contributed by atoms with Gasteiger partial charge in [0.05, 0.1) is 10.8 Å². The van der Waals surface area contributed by atoms with Crippen LogP contribution in [0.5, 0.6) is 5.75 Å². The molecule has 0 spiro atoms. The molecule has 4 rings (SSSR count). The summed E-state index contributed by atoms with van der Waals surface area (Å²) in [4.78, 5) is 15.7. The molecule has 1 aromatic carbocycles. The predicted molar refractivity (Wildman–Crippen MR) is 104 cm³/mol. The summed E-state index contributed by atoms with van der Waals surface area (Å²) >= 11 is 9.04. The third kappa shape index (κ3) is 4.45. The monoisotopic (exact) mass is 421 g/mol. The average Bonchev–Trinajstić information content (AvgIpc) is 3.34. The van der Waals surface area contributed by atoms with Crippen LogP contribution in [-0.4, -0.2) is 33.3 Å². The van der Waals surface area contributed by atoms with Gasteiger partial charge < -0.3 is 14.1 Å². The van der Waals surface area contributed by atoms with Gasteiger partial charge in [-0.2, -0.15) is 0 Å². The van der Waals surface area contributed by atoms with Crippen LogP contribution in [0.15, 0.2) is 45.4 Å². The fourth-order valence-electron chi connectivity index (χ4n) is 2.73. The van der Waals surface area contributed by atoms with Crippen LogP contribution >= 0.6 is 34.7 Å². The standard InChI is InChI=1S/C18H16ClN3O3S2/c19-13-3-1-2-4-14(13)24-10-16-20-21-18(25-16)27-11-17(23)22-7-5-15-12(9-22)6-8-26-15/h1-4,6,8H,5,7,9-11H2. The summed E-state index contributed by atoms with van der Waals surface area (Å²) < 4.78 is 11.1. The molecule has 1 amide bonds. The first-order valence-electron chi connectivity index (χ1n) is 8.34. The van der Waals surface area contributed by atoms with Crippen molar-refractivity contribution in [1.82, 2.24) is 15.1 Å². The highest BCUT2D eigenvalue weighted by molar-refractivity contribution is 7.99. The van der Waals surface area contributed by atoms with E-state index in [1.807, 2.05) is 17.0 Å². The van der Waals surface area contributed by atoms with E-state index in [9.17, 15) is 4.79 Å². The predicted octanol–water partition coefficient (Wildman–Crippen LogP) is 4.04.